The number of hydrogen-bond acceptors (Lipinski definition) is 7. The standard InChI is InChI=1S/C29H28N2O5S/c32-28(22-12-16-25(17-13-22)37-26-18-14-24(15-19-26)31(34)35)27(20-11-21-7-3-1-4-8-21)30-36-29(33)23-9-5-2-6-10-23/h2,5-6,9-10,12-19,21H,1,3-4,7-8,11,20H2/b30-27+. The molecule has 0 saturated heterocycles. The van der Waals surface area contributed by atoms with E-state index in [2.05, 4.69) is 5.16 Å². The van der Waals surface area contributed by atoms with Crippen molar-refractivity contribution in [1.82, 2.24) is 0 Å². The Morgan fingerprint density at radius 2 is 1.49 bits per heavy atom. The maximum Gasteiger partial charge on any atom is 0.365 e. The molecule has 1 saturated carbocycles. The van der Waals surface area contributed by atoms with Gasteiger partial charge in [-0.3, -0.25) is 14.9 Å². The number of nitro groups is 1. The second-order valence-corrected chi connectivity index (χ2v) is 10.2. The van der Waals surface area contributed by atoms with Crippen LogP contribution in [0.1, 0.15) is 65.7 Å². The maximum absolute atomic E-state index is 13.3. The molecule has 0 spiro atoms. The molecule has 190 valence electrons. The first kappa shape index (κ1) is 26.3. The summed E-state index contributed by atoms with van der Waals surface area (Å²) in [4.78, 5) is 43.1. The molecule has 37 heavy (non-hydrogen) atoms. The van der Waals surface area contributed by atoms with E-state index in [1.807, 2.05) is 18.2 Å². The van der Waals surface area contributed by atoms with Gasteiger partial charge >= 0.3 is 5.97 Å². The zero-order chi connectivity index (χ0) is 26.0. The summed E-state index contributed by atoms with van der Waals surface area (Å²) in [6.45, 7) is 0. The van der Waals surface area contributed by atoms with E-state index >= 15 is 0 Å². The fourth-order valence-corrected chi connectivity index (χ4v) is 5.17. The summed E-state index contributed by atoms with van der Waals surface area (Å²) in [6, 6.07) is 22.0. The van der Waals surface area contributed by atoms with Gasteiger partial charge in [-0.25, -0.2) is 4.79 Å². The zero-order valence-corrected chi connectivity index (χ0v) is 21.2. The summed E-state index contributed by atoms with van der Waals surface area (Å²) < 4.78 is 0. The molecule has 0 heterocycles. The van der Waals surface area contributed by atoms with Crippen molar-refractivity contribution in [3.63, 3.8) is 0 Å². The van der Waals surface area contributed by atoms with Gasteiger partial charge in [-0.05, 0) is 67.3 Å². The van der Waals surface area contributed by atoms with E-state index in [0.29, 0.717) is 23.5 Å². The predicted molar refractivity (Wildman–Crippen MR) is 143 cm³/mol. The third-order valence-corrected chi connectivity index (χ3v) is 7.44. The van der Waals surface area contributed by atoms with Gasteiger partial charge in [0.1, 0.15) is 5.71 Å². The van der Waals surface area contributed by atoms with Crippen molar-refractivity contribution in [1.29, 1.82) is 0 Å². The SMILES string of the molecule is O=C(O/N=C(\CCC1CCCCC1)C(=O)c1ccc(Sc2ccc([N+](=O)[O-])cc2)cc1)c1ccccc1. The lowest BCUT2D eigenvalue weighted by atomic mass is 9.85. The van der Waals surface area contributed by atoms with Crippen molar-refractivity contribution >= 4 is 34.9 Å². The lowest BCUT2D eigenvalue weighted by Crippen LogP contribution is -2.18. The highest BCUT2D eigenvalue weighted by molar-refractivity contribution is 7.99. The Balaban J connectivity index is 1.45. The summed E-state index contributed by atoms with van der Waals surface area (Å²) >= 11 is 1.44. The quantitative estimate of drug-likeness (QED) is 0.0909. The molecular weight excluding hydrogens is 488 g/mol. The molecule has 0 unspecified atom stereocenters. The Bertz CT molecular complexity index is 1250. The Labute approximate surface area is 220 Å². The van der Waals surface area contributed by atoms with Gasteiger partial charge < -0.3 is 4.84 Å². The van der Waals surface area contributed by atoms with Crippen LogP contribution in [0.3, 0.4) is 0 Å². The minimum absolute atomic E-state index is 0.0401. The fraction of sp³-hybridized carbons (Fsp3) is 0.276. The van der Waals surface area contributed by atoms with Gasteiger partial charge in [-0.15, -0.1) is 0 Å². The highest BCUT2D eigenvalue weighted by atomic mass is 32.2. The third-order valence-electron chi connectivity index (χ3n) is 6.42. The zero-order valence-electron chi connectivity index (χ0n) is 20.4. The first-order valence-electron chi connectivity index (χ1n) is 12.4. The van der Waals surface area contributed by atoms with E-state index in [1.54, 1.807) is 48.5 Å². The summed E-state index contributed by atoms with van der Waals surface area (Å²) in [5, 5.41) is 14.9. The van der Waals surface area contributed by atoms with Gasteiger partial charge in [0.15, 0.2) is 0 Å². The van der Waals surface area contributed by atoms with Crippen LogP contribution < -0.4 is 0 Å². The maximum atomic E-state index is 13.3. The van der Waals surface area contributed by atoms with E-state index in [4.69, 9.17) is 4.84 Å². The highest BCUT2D eigenvalue weighted by Crippen LogP contribution is 2.30. The van der Waals surface area contributed by atoms with Crippen molar-refractivity contribution in [3.05, 3.63) is 100 Å². The van der Waals surface area contributed by atoms with Gasteiger partial charge in [0.2, 0.25) is 5.78 Å². The van der Waals surface area contributed by atoms with E-state index in [-0.39, 0.29) is 17.2 Å². The van der Waals surface area contributed by atoms with Crippen LogP contribution in [0, 0.1) is 16.0 Å². The highest BCUT2D eigenvalue weighted by Gasteiger charge is 2.20. The molecule has 7 nitrogen and oxygen atoms in total. The molecule has 0 aliphatic heterocycles. The lowest BCUT2D eigenvalue weighted by Gasteiger charge is -2.21. The molecule has 1 fully saturated rings. The molecule has 0 atom stereocenters. The molecule has 0 bridgehead atoms. The number of hydrogen-bond donors (Lipinski definition) is 0. The Kier molecular flexibility index (Phi) is 9.21. The van der Waals surface area contributed by atoms with Crippen LogP contribution in [0.25, 0.3) is 0 Å². The number of carbonyl (C=O) groups is 2. The molecule has 3 aromatic carbocycles. The molecule has 1 aliphatic rings. The minimum atomic E-state index is -0.599. The first-order chi connectivity index (χ1) is 18.0. The van der Waals surface area contributed by atoms with Crippen LogP contribution in [0.15, 0.2) is 93.8 Å². The van der Waals surface area contributed by atoms with Crippen LogP contribution in [-0.2, 0) is 4.84 Å². The second kappa shape index (κ2) is 13.0. The molecule has 4 rings (SSSR count). The number of benzene rings is 3. The smallest absolute Gasteiger partial charge is 0.312 e. The number of carbonyl (C=O) groups excluding carboxylic acids is 2. The molecule has 0 N–H and O–H groups in total. The van der Waals surface area contributed by atoms with Crippen LogP contribution in [0.4, 0.5) is 5.69 Å². The number of nitro benzene ring substituents is 1. The van der Waals surface area contributed by atoms with Crippen molar-refractivity contribution in [3.8, 4) is 0 Å². The van der Waals surface area contributed by atoms with Gasteiger partial charge in [-0.1, -0.05) is 67.2 Å². The van der Waals surface area contributed by atoms with E-state index < -0.39 is 10.9 Å². The monoisotopic (exact) mass is 516 g/mol. The van der Waals surface area contributed by atoms with Crippen LogP contribution in [0.2, 0.25) is 0 Å². The summed E-state index contributed by atoms with van der Waals surface area (Å²) in [5.41, 5.74) is 1.12. The topological polar surface area (TPSA) is 98.9 Å². The molecule has 8 heteroatoms. The minimum Gasteiger partial charge on any atom is -0.312 e. The van der Waals surface area contributed by atoms with Gasteiger partial charge in [0, 0.05) is 27.5 Å². The summed E-state index contributed by atoms with van der Waals surface area (Å²) in [5.74, 6) is -0.306. The summed E-state index contributed by atoms with van der Waals surface area (Å²) in [7, 11) is 0. The first-order valence-corrected chi connectivity index (χ1v) is 13.2. The number of ketones is 1. The normalized spacial score (nSPS) is 14.2. The van der Waals surface area contributed by atoms with E-state index in [9.17, 15) is 19.7 Å². The van der Waals surface area contributed by atoms with Crippen molar-refractivity contribution in [2.75, 3.05) is 0 Å². The molecular formula is C29H28N2O5S. The average molecular weight is 517 g/mol. The number of nitrogens with zero attached hydrogens (tertiary/aromatic N) is 2. The Morgan fingerprint density at radius 3 is 2.11 bits per heavy atom. The van der Waals surface area contributed by atoms with Crippen LogP contribution >= 0.6 is 11.8 Å². The van der Waals surface area contributed by atoms with Gasteiger partial charge in [-0.2, -0.15) is 0 Å². The van der Waals surface area contributed by atoms with Gasteiger partial charge in [0.25, 0.3) is 5.69 Å². The molecule has 3 aromatic rings. The lowest BCUT2D eigenvalue weighted by molar-refractivity contribution is -0.384. The van der Waals surface area contributed by atoms with E-state index in [1.165, 1.54) is 43.2 Å². The third kappa shape index (κ3) is 7.60. The largest absolute Gasteiger partial charge is 0.365 e. The van der Waals surface area contributed by atoms with Crippen molar-refractivity contribution in [2.24, 2.45) is 11.1 Å². The Morgan fingerprint density at radius 1 is 0.865 bits per heavy atom. The molecule has 0 aromatic heterocycles. The molecule has 0 amide bonds. The summed E-state index contributed by atoms with van der Waals surface area (Å²) in [6.07, 6.45) is 7.27. The fourth-order valence-electron chi connectivity index (χ4n) is 4.35. The predicted octanol–water partition coefficient (Wildman–Crippen LogP) is 7.50. The van der Waals surface area contributed by atoms with Gasteiger partial charge in [0.05, 0.1) is 10.5 Å². The molecule has 1 aliphatic carbocycles. The number of Topliss-reactive ketones (excluding diaryl/α,β-unsaturated/α-hetero) is 1. The number of non-ortho nitro benzene ring substituents is 1. The second-order valence-electron chi connectivity index (χ2n) is 9.03. The average Bonchev–Trinajstić information content (AvgIpc) is 2.94. The van der Waals surface area contributed by atoms with E-state index in [0.717, 1.165) is 29.1 Å². The molecule has 0 radical (unpaired) electrons. The van der Waals surface area contributed by atoms with Crippen LogP contribution in [-0.4, -0.2) is 22.4 Å². The number of rotatable bonds is 10. The number of oxime groups is 1. The van der Waals surface area contributed by atoms with Crippen molar-refractivity contribution in [2.45, 2.75) is 54.7 Å². The Hall–Kier alpha value is -3.78. The van der Waals surface area contributed by atoms with Crippen LogP contribution in [0.5, 0.6) is 0 Å². The van der Waals surface area contributed by atoms with Crippen molar-refractivity contribution < 1.29 is 19.3 Å².